The first kappa shape index (κ1) is 16.6. The Labute approximate surface area is 141 Å². The second-order valence-electron chi connectivity index (χ2n) is 6.83. The molecule has 1 aliphatic heterocycles. The molecule has 3 rings (SSSR count). The molecule has 2 heterocycles. The lowest BCUT2D eigenvalue weighted by atomic mass is 9.84. The van der Waals surface area contributed by atoms with Gasteiger partial charge >= 0.3 is 0 Å². The van der Waals surface area contributed by atoms with E-state index in [4.69, 9.17) is 0 Å². The third kappa shape index (κ3) is 3.79. The average Bonchev–Trinajstić information content (AvgIpc) is 2.94. The minimum atomic E-state index is -0.713. The molecule has 0 unspecified atom stereocenters. The fourth-order valence-corrected chi connectivity index (χ4v) is 2.70. The van der Waals surface area contributed by atoms with Crippen molar-refractivity contribution in [1.82, 2.24) is 25.1 Å². The van der Waals surface area contributed by atoms with Crippen LogP contribution in [0.5, 0.6) is 0 Å². The van der Waals surface area contributed by atoms with Gasteiger partial charge in [-0.1, -0.05) is 30.3 Å². The van der Waals surface area contributed by atoms with Gasteiger partial charge in [-0.15, -0.1) is 10.2 Å². The van der Waals surface area contributed by atoms with Crippen LogP contribution in [0.1, 0.15) is 26.7 Å². The second kappa shape index (κ2) is 6.68. The van der Waals surface area contributed by atoms with Crippen molar-refractivity contribution < 1.29 is 9.90 Å². The van der Waals surface area contributed by atoms with E-state index in [1.165, 1.54) is 4.80 Å². The van der Waals surface area contributed by atoms with E-state index >= 15 is 0 Å². The van der Waals surface area contributed by atoms with Crippen LogP contribution >= 0.6 is 0 Å². The lowest BCUT2D eigenvalue weighted by Gasteiger charge is -2.45. The maximum absolute atomic E-state index is 12.1. The number of hydrogen-bond donors (Lipinski definition) is 1. The van der Waals surface area contributed by atoms with Crippen LogP contribution in [-0.2, 0) is 11.3 Å². The molecule has 0 bridgehead atoms. The summed E-state index contributed by atoms with van der Waals surface area (Å²) >= 11 is 0. The summed E-state index contributed by atoms with van der Waals surface area (Å²) in [6.45, 7) is 5.43. The fourth-order valence-electron chi connectivity index (χ4n) is 2.70. The van der Waals surface area contributed by atoms with Gasteiger partial charge in [0.15, 0.2) is 0 Å². The number of benzene rings is 1. The SMILES string of the molecule is CC(C)(O)C1CN(C(=O)CCCn2nnc(-c3ccccc3)n2)C1. The Bertz CT molecular complexity index is 687. The van der Waals surface area contributed by atoms with Crippen molar-refractivity contribution in [2.75, 3.05) is 13.1 Å². The molecule has 2 aromatic rings. The summed E-state index contributed by atoms with van der Waals surface area (Å²) in [5, 5.41) is 22.3. The lowest BCUT2D eigenvalue weighted by molar-refractivity contribution is -0.144. The van der Waals surface area contributed by atoms with Crippen molar-refractivity contribution >= 4 is 5.91 Å². The van der Waals surface area contributed by atoms with Crippen molar-refractivity contribution in [3.05, 3.63) is 30.3 Å². The van der Waals surface area contributed by atoms with Crippen molar-refractivity contribution in [2.45, 2.75) is 38.8 Å². The van der Waals surface area contributed by atoms with Gasteiger partial charge in [-0.25, -0.2) is 0 Å². The second-order valence-corrected chi connectivity index (χ2v) is 6.83. The van der Waals surface area contributed by atoms with Gasteiger partial charge in [0, 0.05) is 31.0 Å². The highest BCUT2D eigenvalue weighted by molar-refractivity contribution is 5.77. The molecule has 1 aliphatic rings. The molecule has 1 N–H and O–H groups in total. The molecule has 0 radical (unpaired) electrons. The third-order valence-electron chi connectivity index (χ3n) is 4.47. The highest BCUT2D eigenvalue weighted by Crippen LogP contribution is 2.27. The first-order valence-electron chi connectivity index (χ1n) is 8.27. The van der Waals surface area contributed by atoms with Crippen LogP contribution in [-0.4, -0.2) is 54.8 Å². The highest BCUT2D eigenvalue weighted by Gasteiger charge is 2.39. The number of aryl methyl sites for hydroxylation is 1. The summed E-state index contributed by atoms with van der Waals surface area (Å²) in [6.07, 6.45) is 1.13. The molecule has 1 saturated heterocycles. The number of aliphatic hydroxyl groups is 1. The highest BCUT2D eigenvalue weighted by atomic mass is 16.3. The number of carbonyl (C=O) groups excluding carboxylic acids is 1. The minimum absolute atomic E-state index is 0.124. The molecule has 128 valence electrons. The minimum Gasteiger partial charge on any atom is -0.390 e. The van der Waals surface area contributed by atoms with Gasteiger partial charge in [-0.05, 0) is 25.5 Å². The van der Waals surface area contributed by atoms with E-state index < -0.39 is 5.60 Å². The molecule has 0 saturated carbocycles. The molecule has 1 amide bonds. The van der Waals surface area contributed by atoms with Crippen molar-refractivity contribution in [2.24, 2.45) is 5.92 Å². The number of likely N-dealkylation sites (tertiary alicyclic amines) is 1. The van der Waals surface area contributed by atoms with Crippen LogP contribution in [0.3, 0.4) is 0 Å². The number of aromatic nitrogens is 4. The van der Waals surface area contributed by atoms with Crippen molar-refractivity contribution in [1.29, 1.82) is 0 Å². The molecule has 0 spiro atoms. The van der Waals surface area contributed by atoms with Gasteiger partial charge in [0.25, 0.3) is 0 Å². The van der Waals surface area contributed by atoms with E-state index in [1.54, 1.807) is 18.7 Å². The van der Waals surface area contributed by atoms with Crippen LogP contribution in [0.15, 0.2) is 30.3 Å². The molecule has 1 fully saturated rings. The summed E-state index contributed by atoms with van der Waals surface area (Å²) < 4.78 is 0. The van der Waals surface area contributed by atoms with Crippen molar-refractivity contribution in [3.63, 3.8) is 0 Å². The average molecular weight is 329 g/mol. The molecule has 0 atom stereocenters. The van der Waals surface area contributed by atoms with E-state index in [2.05, 4.69) is 15.4 Å². The number of amides is 1. The van der Waals surface area contributed by atoms with Gasteiger partial charge in [0.05, 0.1) is 12.1 Å². The van der Waals surface area contributed by atoms with Crippen molar-refractivity contribution in [3.8, 4) is 11.4 Å². The van der Waals surface area contributed by atoms with Gasteiger partial charge in [-0.2, -0.15) is 4.80 Å². The third-order valence-corrected chi connectivity index (χ3v) is 4.47. The largest absolute Gasteiger partial charge is 0.390 e. The van der Waals surface area contributed by atoms with Gasteiger partial charge in [-0.3, -0.25) is 4.79 Å². The molecule has 7 nitrogen and oxygen atoms in total. The topological polar surface area (TPSA) is 84.1 Å². The summed E-state index contributed by atoms with van der Waals surface area (Å²) in [5.41, 5.74) is 0.216. The monoisotopic (exact) mass is 329 g/mol. The summed E-state index contributed by atoms with van der Waals surface area (Å²) in [7, 11) is 0. The molecule has 24 heavy (non-hydrogen) atoms. The summed E-state index contributed by atoms with van der Waals surface area (Å²) in [4.78, 5) is 15.4. The number of nitrogens with zero attached hydrogens (tertiary/aromatic N) is 5. The van der Waals surface area contributed by atoms with Gasteiger partial charge in [0.1, 0.15) is 0 Å². The molecular formula is C17H23N5O2. The molecular weight excluding hydrogens is 306 g/mol. The number of carbonyl (C=O) groups is 1. The normalized spacial score (nSPS) is 15.4. The Morgan fingerprint density at radius 1 is 1.29 bits per heavy atom. The van der Waals surface area contributed by atoms with Gasteiger partial charge < -0.3 is 10.0 Å². The van der Waals surface area contributed by atoms with E-state index in [0.717, 1.165) is 5.56 Å². The zero-order valence-corrected chi connectivity index (χ0v) is 14.1. The zero-order chi connectivity index (χ0) is 17.2. The maximum Gasteiger partial charge on any atom is 0.222 e. The van der Waals surface area contributed by atoms with E-state index in [-0.39, 0.29) is 11.8 Å². The Morgan fingerprint density at radius 3 is 2.67 bits per heavy atom. The molecule has 7 heteroatoms. The fraction of sp³-hybridized carbons (Fsp3) is 0.529. The zero-order valence-electron chi connectivity index (χ0n) is 14.1. The lowest BCUT2D eigenvalue weighted by Crippen LogP contribution is -2.57. The van der Waals surface area contributed by atoms with Crippen LogP contribution in [0.4, 0.5) is 0 Å². The van der Waals surface area contributed by atoms with E-state index in [1.807, 2.05) is 30.3 Å². The number of rotatable bonds is 6. The van der Waals surface area contributed by atoms with Gasteiger partial charge in [0.2, 0.25) is 11.7 Å². The smallest absolute Gasteiger partial charge is 0.222 e. The predicted octanol–water partition coefficient (Wildman–Crippen LogP) is 1.35. The first-order chi connectivity index (χ1) is 11.4. The van der Waals surface area contributed by atoms with Crippen LogP contribution in [0.2, 0.25) is 0 Å². The standard InChI is InChI=1S/C17H23N5O2/c1-17(2,24)14-11-21(12-14)15(23)9-6-10-22-19-16(18-20-22)13-7-4-3-5-8-13/h3-5,7-8,14,24H,6,9-12H2,1-2H3. The van der Waals surface area contributed by atoms with Crippen LogP contribution in [0.25, 0.3) is 11.4 Å². The number of hydrogen-bond acceptors (Lipinski definition) is 5. The summed E-state index contributed by atoms with van der Waals surface area (Å²) in [6, 6.07) is 9.69. The Morgan fingerprint density at radius 2 is 2.00 bits per heavy atom. The maximum atomic E-state index is 12.1. The molecule has 1 aromatic heterocycles. The summed E-state index contributed by atoms with van der Waals surface area (Å²) in [5.74, 6) is 0.892. The molecule has 0 aliphatic carbocycles. The molecule has 1 aromatic carbocycles. The predicted molar refractivity (Wildman–Crippen MR) is 88.9 cm³/mol. The van der Waals surface area contributed by atoms with Crippen LogP contribution < -0.4 is 0 Å². The van der Waals surface area contributed by atoms with Crippen LogP contribution in [0, 0.1) is 5.92 Å². The number of tetrazole rings is 1. The van der Waals surface area contributed by atoms with E-state index in [0.29, 0.717) is 38.3 Å². The Hall–Kier alpha value is -2.28. The Balaban J connectivity index is 1.43. The first-order valence-corrected chi connectivity index (χ1v) is 8.27. The quantitative estimate of drug-likeness (QED) is 0.865. The Kier molecular flexibility index (Phi) is 4.62. The van der Waals surface area contributed by atoms with E-state index in [9.17, 15) is 9.90 Å².